The van der Waals surface area contributed by atoms with Crippen molar-refractivity contribution in [2.75, 3.05) is 19.8 Å². The Morgan fingerprint density at radius 3 is 2.39 bits per heavy atom. The lowest BCUT2D eigenvalue weighted by atomic mass is 9.83. The third kappa shape index (κ3) is 9.14. The Labute approximate surface area is 267 Å². The van der Waals surface area contributed by atoms with Crippen LogP contribution in [0.5, 0.6) is 5.75 Å². The molecule has 0 aliphatic carbocycles. The van der Waals surface area contributed by atoms with Gasteiger partial charge in [0.25, 0.3) is 5.91 Å². The van der Waals surface area contributed by atoms with Crippen LogP contribution in [-0.4, -0.2) is 53.8 Å². The summed E-state index contributed by atoms with van der Waals surface area (Å²) in [5.74, 6) is 0.0941. The first kappa shape index (κ1) is 33.2. The molecule has 0 spiro atoms. The zero-order chi connectivity index (χ0) is 31.6. The molecule has 1 amide bonds. The van der Waals surface area contributed by atoms with Gasteiger partial charge in [0.15, 0.2) is 11.6 Å². The number of amides is 1. The van der Waals surface area contributed by atoms with Crippen LogP contribution in [0, 0.1) is 0 Å². The maximum atomic E-state index is 14.1. The number of benzene rings is 3. The van der Waals surface area contributed by atoms with Crippen LogP contribution >= 0.6 is 15.9 Å². The van der Waals surface area contributed by atoms with E-state index in [0.29, 0.717) is 37.3 Å². The lowest BCUT2D eigenvalue weighted by Crippen LogP contribution is -2.53. The maximum Gasteiger partial charge on any atom is 0.306 e. The number of hydrogen-bond donors (Lipinski definition) is 3. The second-order valence-corrected chi connectivity index (χ2v) is 12.5. The minimum absolute atomic E-state index is 0.0370. The Balaban J connectivity index is 1.61. The van der Waals surface area contributed by atoms with E-state index in [-0.39, 0.29) is 25.3 Å². The lowest BCUT2D eigenvalue weighted by Gasteiger charge is -2.31. The Bertz CT molecular complexity index is 1410. The van der Waals surface area contributed by atoms with Crippen LogP contribution < -0.4 is 15.6 Å². The van der Waals surface area contributed by atoms with Crippen LogP contribution in [-0.2, 0) is 25.5 Å². The molecule has 3 aromatic rings. The molecule has 3 aromatic carbocycles. The number of nitrogens with one attached hydrogen (secondary N) is 2. The second kappa shape index (κ2) is 15.3. The molecule has 0 saturated carbocycles. The predicted octanol–water partition coefficient (Wildman–Crippen LogP) is 5.45. The highest BCUT2D eigenvalue weighted by Gasteiger charge is 2.53. The van der Waals surface area contributed by atoms with Crippen molar-refractivity contribution in [3.05, 3.63) is 100 Å². The van der Waals surface area contributed by atoms with Crippen molar-refractivity contribution in [1.82, 2.24) is 10.9 Å². The molecule has 44 heavy (non-hydrogen) atoms. The van der Waals surface area contributed by atoms with Crippen LogP contribution in [0.3, 0.4) is 0 Å². The van der Waals surface area contributed by atoms with Crippen LogP contribution in [0.25, 0.3) is 0 Å². The van der Waals surface area contributed by atoms with Gasteiger partial charge in [-0.2, -0.15) is 0 Å². The monoisotopic (exact) mass is 665 g/mol. The molecule has 0 radical (unpaired) electrons. The van der Waals surface area contributed by atoms with Gasteiger partial charge in [-0.15, -0.1) is 0 Å². The first-order chi connectivity index (χ1) is 21.1. The van der Waals surface area contributed by atoms with Gasteiger partial charge in [-0.1, -0.05) is 58.4 Å². The van der Waals surface area contributed by atoms with Crippen molar-refractivity contribution < 1.29 is 28.9 Å². The molecule has 1 aliphatic heterocycles. The SMILES string of the molecule is CC(C)(C)OC(=O)CC[C@]1(C(=O)NNCCc2ccc(Br)cc2)N=C(c2ccc(OCCCO)cc2)O[C@H]1c1ccccc1. The summed E-state index contributed by atoms with van der Waals surface area (Å²) >= 11 is 3.45. The van der Waals surface area contributed by atoms with Crippen molar-refractivity contribution >= 4 is 33.7 Å². The van der Waals surface area contributed by atoms with Gasteiger partial charge >= 0.3 is 5.97 Å². The number of nitrogens with zero attached hydrogens (tertiary/aromatic N) is 1. The number of rotatable bonds is 14. The van der Waals surface area contributed by atoms with E-state index >= 15 is 0 Å². The van der Waals surface area contributed by atoms with E-state index in [9.17, 15) is 9.59 Å². The number of ether oxygens (including phenoxy) is 3. The Kier molecular flexibility index (Phi) is 11.5. The smallest absolute Gasteiger partial charge is 0.306 e. The zero-order valence-corrected chi connectivity index (χ0v) is 26.9. The molecule has 0 bridgehead atoms. The summed E-state index contributed by atoms with van der Waals surface area (Å²) in [4.78, 5) is 31.9. The number of aliphatic imine (C=N–C) groups is 1. The summed E-state index contributed by atoms with van der Waals surface area (Å²) in [5.41, 5.74) is 6.30. The molecular weight excluding hydrogens is 626 g/mol. The Morgan fingerprint density at radius 2 is 1.73 bits per heavy atom. The standard InChI is InChI=1S/C34H40BrN3O6/c1-33(2,3)44-29(40)18-20-34(32(41)38-36-21-19-24-10-14-27(35)15-11-24)30(25-8-5-4-6-9-25)43-31(37-34)26-12-16-28(17-13-26)42-23-7-22-39/h4-6,8-17,30,36,39H,7,18-23H2,1-3H3,(H,38,41)/t30-,34-/m0/s1. The number of carbonyl (C=O) groups excluding carboxylic acids is 2. The van der Waals surface area contributed by atoms with Crippen LogP contribution in [0.2, 0.25) is 0 Å². The molecule has 1 aliphatic rings. The van der Waals surface area contributed by atoms with Crippen molar-refractivity contribution in [2.24, 2.45) is 4.99 Å². The fourth-order valence-electron chi connectivity index (χ4n) is 4.79. The van der Waals surface area contributed by atoms with Crippen LogP contribution in [0.15, 0.2) is 88.3 Å². The van der Waals surface area contributed by atoms with Gasteiger partial charge in [0.05, 0.1) is 6.61 Å². The number of carbonyl (C=O) groups is 2. The average Bonchev–Trinajstić information content (AvgIpc) is 3.40. The van der Waals surface area contributed by atoms with Gasteiger partial charge in [0.2, 0.25) is 5.90 Å². The number of halogens is 1. The summed E-state index contributed by atoms with van der Waals surface area (Å²) in [6.07, 6.45) is 0.453. The highest BCUT2D eigenvalue weighted by Crippen LogP contribution is 2.43. The normalized spacial score (nSPS) is 17.8. The first-order valence-corrected chi connectivity index (χ1v) is 15.5. The molecule has 0 unspecified atom stereocenters. The van der Waals surface area contributed by atoms with Crippen molar-refractivity contribution in [3.63, 3.8) is 0 Å². The van der Waals surface area contributed by atoms with Crippen LogP contribution in [0.4, 0.5) is 0 Å². The van der Waals surface area contributed by atoms with Gasteiger partial charge in [-0.05, 0) is 81.1 Å². The number of aliphatic hydroxyl groups is 1. The quantitative estimate of drug-likeness (QED) is 0.119. The summed E-state index contributed by atoms with van der Waals surface area (Å²) in [6, 6.07) is 24.6. The molecule has 1 heterocycles. The minimum atomic E-state index is -1.46. The molecule has 4 rings (SSSR count). The van der Waals surface area contributed by atoms with E-state index < -0.39 is 29.1 Å². The van der Waals surface area contributed by atoms with Crippen molar-refractivity contribution in [1.29, 1.82) is 0 Å². The summed E-state index contributed by atoms with van der Waals surface area (Å²) in [5, 5.41) is 9.03. The molecule has 0 saturated heterocycles. The summed E-state index contributed by atoms with van der Waals surface area (Å²) < 4.78 is 18.7. The molecule has 234 valence electrons. The molecule has 2 atom stereocenters. The molecule has 10 heteroatoms. The van der Waals surface area contributed by atoms with Gasteiger partial charge in [-0.3, -0.25) is 15.0 Å². The van der Waals surface area contributed by atoms with Crippen molar-refractivity contribution in [3.8, 4) is 5.75 Å². The third-order valence-electron chi connectivity index (χ3n) is 6.92. The van der Waals surface area contributed by atoms with E-state index in [1.165, 1.54) is 0 Å². The zero-order valence-electron chi connectivity index (χ0n) is 25.3. The lowest BCUT2D eigenvalue weighted by molar-refractivity contribution is -0.155. The van der Waals surface area contributed by atoms with Gasteiger partial charge in [-0.25, -0.2) is 10.4 Å². The maximum absolute atomic E-state index is 14.1. The van der Waals surface area contributed by atoms with E-state index in [1.807, 2.05) is 87.5 Å². The van der Waals surface area contributed by atoms with Gasteiger partial charge < -0.3 is 19.3 Å². The van der Waals surface area contributed by atoms with E-state index in [0.717, 1.165) is 15.6 Å². The van der Waals surface area contributed by atoms with E-state index in [1.54, 1.807) is 12.1 Å². The van der Waals surface area contributed by atoms with Gasteiger partial charge in [0, 0.05) is 36.0 Å². The highest BCUT2D eigenvalue weighted by atomic mass is 79.9. The Morgan fingerprint density at radius 1 is 1.02 bits per heavy atom. The molecule has 0 aromatic heterocycles. The number of aliphatic hydroxyl groups excluding tert-OH is 1. The molecule has 0 fully saturated rings. The molecular formula is C34H40BrN3O6. The summed E-state index contributed by atoms with van der Waals surface area (Å²) in [7, 11) is 0. The predicted molar refractivity (Wildman–Crippen MR) is 172 cm³/mol. The van der Waals surface area contributed by atoms with Gasteiger partial charge in [0.1, 0.15) is 11.4 Å². The molecule has 3 N–H and O–H groups in total. The number of hydrogen-bond acceptors (Lipinski definition) is 8. The fraction of sp³-hybridized carbons (Fsp3) is 0.382. The largest absolute Gasteiger partial charge is 0.494 e. The second-order valence-electron chi connectivity index (χ2n) is 11.5. The van der Waals surface area contributed by atoms with E-state index in [4.69, 9.17) is 24.3 Å². The summed E-state index contributed by atoms with van der Waals surface area (Å²) in [6.45, 7) is 6.36. The van der Waals surface area contributed by atoms with Crippen LogP contribution in [0.1, 0.15) is 62.8 Å². The third-order valence-corrected chi connectivity index (χ3v) is 7.45. The average molecular weight is 667 g/mol. The van der Waals surface area contributed by atoms with E-state index in [2.05, 4.69) is 26.8 Å². The topological polar surface area (TPSA) is 118 Å². The fourth-order valence-corrected chi connectivity index (χ4v) is 5.06. The first-order valence-electron chi connectivity index (χ1n) is 14.7. The minimum Gasteiger partial charge on any atom is -0.494 e. The Hall–Kier alpha value is -3.73. The molecule has 9 nitrogen and oxygen atoms in total. The van der Waals surface area contributed by atoms with Crippen molar-refractivity contribution in [2.45, 2.75) is 63.7 Å². The highest BCUT2D eigenvalue weighted by molar-refractivity contribution is 9.10. The number of esters is 1. The number of hydrazine groups is 1.